The molecular weight excluding hydrogens is 624 g/mol. The van der Waals surface area contributed by atoms with Gasteiger partial charge in [0.05, 0.1) is 80.0 Å². The Bertz CT molecular complexity index is 646. The van der Waals surface area contributed by atoms with Crippen LogP contribution >= 0.6 is 22.6 Å². The Morgan fingerprint density at radius 2 is 0.950 bits per heavy atom. The molecule has 238 valence electrons. The lowest BCUT2D eigenvalue weighted by atomic mass is 10.2. The summed E-state index contributed by atoms with van der Waals surface area (Å²) >= 11 is 1.92. The van der Waals surface area contributed by atoms with Gasteiger partial charge in [0.25, 0.3) is 0 Å². The van der Waals surface area contributed by atoms with Crippen LogP contribution in [0.1, 0.15) is 72.7 Å². The minimum atomic E-state index is -2.92. The Morgan fingerprint density at radius 1 is 0.700 bits per heavy atom. The van der Waals surface area contributed by atoms with Crippen LogP contribution in [0.15, 0.2) is 24.3 Å². The zero-order valence-corrected chi connectivity index (χ0v) is 29.8. The van der Waals surface area contributed by atoms with Crippen LogP contribution in [0.5, 0.6) is 5.75 Å². The average molecular weight is 686 g/mol. The highest BCUT2D eigenvalue weighted by molar-refractivity contribution is 14.1. The summed E-state index contributed by atoms with van der Waals surface area (Å²) in [4.78, 5) is 11.1. The summed E-state index contributed by atoms with van der Waals surface area (Å²) < 4.78 is 8.60. The monoisotopic (exact) mass is 685 g/mol. The fraction of sp³-hybridized carbons (Fsp3) is 0.759. The summed E-state index contributed by atoms with van der Waals surface area (Å²) in [6.07, 6.45) is 0. The van der Waals surface area contributed by atoms with Crippen LogP contribution in [0.2, 0.25) is 0 Å². The number of nitrogens with zero attached hydrogens (tertiary/aromatic N) is 3. The molecule has 1 aromatic rings. The Kier molecular flexibility index (Phi) is 31.0. The number of hydrogen-bond donors (Lipinski definition) is 1. The van der Waals surface area contributed by atoms with Gasteiger partial charge in [0.15, 0.2) is 0 Å². The Hall–Kier alpha value is -0.955. The van der Waals surface area contributed by atoms with Crippen molar-refractivity contribution in [1.29, 1.82) is 0 Å². The van der Waals surface area contributed by atoms with Gasteiger partial charge < -0.3 is 38.4 Å². The standard InChI is InChI=1S/C8H7IO3.3C7H18N.BO3/c9-5-12-8(11)6-3-1-2-4-7(6)10;3*1-5-8(4,6-2)7-3;2-1(3)4/h1-4,10H,5H2;3*5-7H2,1-4H3;/q;3*+1;-3. The van der Waals surface area contributed by atoms with Gasteiger partial charge in [0, 0.05) is 0 Å². The van der Waals surface area contributed by atoms with Crippen molar-refractivity contribution >= 4 is 35.9 Å². The van der Waals surface area contributed by atoms with Crippen molar-refractivity contribution in [1.82, 2.24) is 0 Å². The molecule has 0 aliphatic carbocycles. The van der Waals surface area contributed by atoms with E-state index < -0.39 is 13.3 Å². The number of rotatable bonds is 11. The van der Waals surface area contributed by atoms with Crippen LogP contribution in [0.3, 0.4) is 0 Å². The molecule has 0 radical (unpaired) electrons. The zero-order valence-electron chi connectivity index (χ0n) is 27.7. The molecule has 0 aromatic heterocycles. The summed E-state index contributed by atoms with van der Waals surface area (Å²) in [6, 6.07) is 6.29. The largest absolute Gasteiger partial charge is 0.907 e. The summed E-state index contributed by atoms with van der Waals surface area (Å²) in [6.45, 7) is 31.5. The topological polar surface area (TPSA) is 116 Å². The van der Waals surface area contributed by atoms with E-state index in [9.17, 15) is 9.90 Å². The number of halogens is 1. The van der Waals surface area contributed by atoms with Gasteiger partial charge in [-0.05, 0) is 97.0 Å². The van der Waals surface area contributed by atoms with Gasteiger partial charge in [-0.25, -0.2) is 4.79 Å². The minimum Gasteiger partial charge on any atom is -0.907 e. The van der Waals surface area contributed by atoms with E-state index in [0.717, 1.165) is 0 Å². The fourth-order valence-electron chi connectivity index (χ4n) is 2.79. The molecule has 1 aromatic carbocycles. The molecule has 0 saturated heterocycles. The number of phenolic OH excluding ortho intramolecular Hbond substituents is 1. The first-order valence-electron chi connectivity index (χ1n) is 14.5. The minimum absolute atomic E-state index is 0.0487. The normalized spacial score (nSPS) is 10.7. The number of aromatic hydroxyl groups is 1. The number of carbonyl (C=O) groups excluding carboxylic acids is 1. The van der Waals surface area contributed by atoms with E-state index in [4.69, 9.17) is 19.8 Å². The summed E-state index contributed by atoms with van der Waals surface area (Å²) in [5.74, 6) is -0.546. The van der Waals surface area contributed by atoms with Crippen molar-refractivity contribution in [2.24, 2.45) is 0 Å². The number of para-hydroxylation sites is 1. The van der Waals surface area contributed by atoms with Crippen molar-refractivity contribution in [3.63, 3.8) is 0 Å². The second-order valence-electron chi connectivity index (χ2n) is 10.1. The molecule has 1 N–H and O–H groups in total. The third-order valence-electron chi connectivity index (χ3n) is 8.18. The molecule has 0 spiro atoms. The highest BCUT2D eigenvalue weighted by Crippen LogP contribution is 2.16. The summed E-state index contributed by atoms with van der Waals surface area (Å²) in [5, 5.41) is 34.5. The average Bonchev–Trinajstić information content (AvgIpc) is 2.97. The van der Waals surface area contributed by atoms with Crippen LogP contribution in [-0.4, -0.2) is 117 Å². The maximum absolute atomic E-state index is 11.1. The molecule has 0 aliphatic heterocycles. The SMILES string of the molecule is CC[N+](C)(CC)CC.CC[N+](C)(CC)CC.CC[N+](C)(CC)CC.O=C(OCI)c1ccccc1O.[O-]B([O-])[O-]. The van der Waals surface area contributed by atoms with Gasteiger partial charge >= 0.3 is 5.97 Å². The number of carbonyl (C=O) groups is 1. The second kappa shape index (κ2) is 26.9. The Labute approximate surface area is 260 Å². The number of benzene rings is 1. The fourth-order valence-corrected chi connectivity index (χ4v) is 3.07. The zero-order chi connectivity index (χ0) is 32.4. The van der Waals surface area contributed by atoms with Crippen LogP contribution in [0, 0.1) is 0 Å². The smallest absolute Gasteiger partial charge is 0.342 e. The number of esters is 1. The lowest BCUT2D eigenvalue weighted by Gasteiger charge is -2.35. The first-order valence-corrected chi connectivity index (χ1v) is 16.0. The first-order chi connectivity index (χ1) is 18.5. The van der Waals surface area contributed by atoms with Crippen molar-refractivity contribution in [2.45, 2.75) is 62.3 Å². The van der Waals surface area contributed by atoms with E-state index in [-0.39, 0.29) is 15.9 Å². The van der Waals surface area contributed by atoms with Crippen molar-refractivity contribution < 1.29 is 43.2 Å². The number of quaternary nitrogens is 3. The van der Waals surface area contributed by atoms with E-state index in [2.05, 4.69) is 83.5 Å². The second-order valence-corrected chi connectivity index (χ2v) is 10.7. The first kappa shape index (κ1) is 46.0. The predicted octanol–water partition coefficient (Wildman–Crippen LogP) is 2.47. The highest BCUT2D eigenvalue weighted by atomic mass is 127. The van der Waals surface area contributed by atoms with Crippen molar-refractivity contribution in [3.8, 4) is 5.75 Å². The van der Waals surface area contributed by atoms with Crippen LogP contribution in [-0.2, 0) is 4.74 Å². The molecule has 11 heteroatoms. The van der Waals surface area contributed by atoms with E-state index in [0.29, 0.717) is 0 Å². The maximum Gasteiger partial charge on any atom is 0.342 e. The van der Waals surface area contributed by atoms with Gasteiger partial charge in [0.2, 0.25) is 0 Å². The molecule has 0 bridgehead atoms. The molecule has 0 amide bonds. The highest BCUT2D eigenvalue weighted by Gasteiger charge is 2.12. The van der Waals surface area contributed by atoms with Crippen molar-refractivity contribution in [3.05, 3.63) is 29.8 Å². The molecular formula is C29H61BIN3O6. The van der Waals surface area contributed by atoms with E-state index in [1.807, 2.05) is 22.6 Å². The van der Waals surface area contributed by atoms with Crippen LogP contribution in [0.25, 0.3) is 0 Å². The third kappa shape index (κ3) is 24.8. The van der Waals surface area contributed by atoms with Gasteiger partial charge in [0.1, 0.15) is 15.9 Å². The van der Waals surface area contributed by atoms with Crippen LogP contribution < -0.4 is 15.1 Å². The molecule has 0 heterocycles. The Balaban J connectivity index is -0.000000210. The van der Waals surface area contributed by atoms with Crippen LogP contribution in [0.4, 0.5) is 0 Å². The number of phenols is 1. The Morgan fingerprint density at radius 3 is 1.12 bits per heavy atom. The predicted molar refractivity (Wildman–Crippen MR) is 172 cm³/mol. The molecule has 0 saturated carbocycles. The third-order valence-corrected chi connectivity index (χ3v) is 8.49. The van der Waals surface area contributed by atoms with E-state index >= 15 is 0 Å². The van der Waals surface area contributed by atoms with Gasteiger partial charge in [-0.3, -0.25) is 7.32 Å². The lowest BCUT2D eigenvalue weighted by molar-refractivity contribution is -0.904. The van der Waals surface area contributed by atoms with E-state index in [1.54, 1.807) is 12.1 Å². The number of ether oxygens (including phenoxy) is 1. The quantitative estimate of drug-likeness (QED) is 0.126. The van der Waals surface area contributed by atoms with Gasteiger partial charge in [-0.2, -0.15) is 0 Å². The number of hydrogen-bond acceptors (Lipinski definition) is 6. The van der Waals surface area contributed by atoms with Gasteiger partial charge in [-0.15, -0.1) is 0 Å². The molecule has 0 unspecified atom stereocenters. The van der Waals surface area contributed by atoms with Crippen molar-refractivity contribution in [2.75, 3.05) is 84.7 Å². The lowest BCUT2D eigenvalue weighted by Crippen LogP contribution is -2.56. The number of alkyl halides is 1. The molecule has 0 fully saturated rings. The van der Waals surface area contributed by atoms with Gasteiger partial charge in [-0.1, -0.05) is 12.1 Å². The van der Waals surface area contributed by atoms with E-state index in [1.165, 1.54) is 84.5 Å². The molecule has 0 atom stereocenters. The molecule has 0 aliphatic rings. The maximum atomic E-state index is 11.1. The molecule has 1 rings (SSSR count). The molecule has 9 nitrogen and oxygen atoms in total. The molecule has 40 heavy (non-hydrogen) atoms. The summed E-state index contributed by atoms with van der Waals surface area (Å²) in [5.41, 5.74) is 0.203. The summed E-state index contributed by atoms with van der Waals surface area (Å²) in [7, 11) is 3.96.